The molecule has 0 aliphatic carbocycles. The highest BCUT2D eigenvalue weighted by atomic mass is 32.1. The first-order chi connectivity index (χ1) is 12.3. The summed E-state index contributed by atoms with van der Waals surface area (Å²) in [6.45, 7) is 5.85. The molecule has 0 amide bonds. The van der Waals surface area contributed by atoms with E-state index in [9.17, 15) is 4.39 Å². The van der Waals surface area contributed by atoms with Gasteiger partial charge < -0.3 is 14.5 Å². The minimum Gasteiger partial charge on any atom is -0.492 e. The van der Waals surface area contributed by atoms with Crippen LogP contribution in [0.15, 0.2) is 42.5 Å². The number of piperazine rings is 1. The topological polar surface area (TPSA) is 28.6 Å². The lowest BCUT2D eigenvalue weighted by atomic mass is 10.2. The number of hydrogen-bond acceptors (Lipinski definition) is 5. The van der Waals surface area contributed by atoms with Crippen LogP contribution < -0.4 is 14.5 Å². The van der Waals surface area contributed by atoms with E-state index in [2.05, 4.69) is 15.9 Å². The van der Waals surface area contributed by atoms with Gasteiger partial charge in [0.1, 0.15) is 17.1 Å². The molecule has 0 spiro atoms. The lowest BCUT2D eigenvalue weighted by molar-refractivity contribution is 0.344. The quantitative estimate of drug-likeness (QED) is 0.701. The summed E-state index contributed by atoms with van der Waals surface area (Å²) in [5, 5.41) is 1.01. The van der Waals surface area contributed by atoms with Gasteiger partial charge >= 0.3 is 0 Å². The molecular formula is C19H20FN3OS. The van der Waals surface area contributed by atoms with Crippen molar-refractivity contribution in [3.63, 3.8) is 0 Å². The zero-order valence-corrected chi connectivity index (χ0v) is 14.9. The maximum Gasteiger partial charge on any atom is 0.186 e. The van der Waals surface area contributed by atoms with Crippen molar-refractivity contribution in [2.75, 3.05) is 42.6 Å². The summed E-state index contributed by atoms with van der Waals surface area (Å²) < 4.78 is 20.8. The summed E-state index contributed by atoms with van der Waals surface area (Å²) in [4.78, 5) is 9.17. The Morgan fingerprint density at radius 1 is 1.04 bits per heavy atom. The van der Waals surface area contributed by atoms with E-state index in [1.807, 2.05) is 31.2 Å². The molecule has 4 rings (SSSR count). The zero-order valence-electron chi connectivity index (χ0n) is 14.1. The van der Waals surface area contributed by atoms with Crippen LogP contribution in [0.4, 0.5) is 15.2 Å². The number of ether oxygens (including phenoxy) is 1. The molecule has 3 aromatic rings. The minimum atomic E-state index is -0.155. The molecule has 1 aliphatic heterocycles. The third kappa shape index (κ3) is 3.14. The van der Waals surface area contributed by atoms with Crippen LogP contribution in [-0.4, -0.2) is 37.8 Å². The van der Waals surface area contributed by atoms with Crippen LogP contribution in [0.5, 0.6) is 5.75 Å². The number of aromatic nitrogens is 1. The highest BCUT2D eigenvalue weighted by Crippen LogP contribution is 2.34. The van der Waals surface area contributed by atoms with Crippen LogP contribution in [0.3, 0.4) is 0 Å². The number of anilines is 2. The van der Waals surface area contributed by atoms with Crippen molar-refractivity contribution in [3.05, 3.63) is 48.3 Å². The molecule has 1 saturated heterocycles. The first kappa shape index (κ1) is 16.1. The van der Waals surface area contributed by atoms with Crippen molar-refractivity contribution in [3.8, 4) is 5.75 Å². The lowest BCUT2D eigenvalue weighted by Gasteiger charge is -2.36. The van der Waals surface area contributed by atoms with Crippen molar-refractivity contribution in [1.29, 1.82) is 0 Å². The summed E-state index contributed by atoms with van der Waals surface area (Å²) in [5.41, 5.74) is 1.62. The summed E-state index contributed by atoms with van der Waals surface area (Å²) in [7, 11) is 0. The number of hydrogen-bond donors (Lipinski definition) is 0. The van der Waals surface area contributed by atoms with Gasteiger partial charge in [-0.3, -0.25) is 0 Å². The van der Waals surface area contributed by atoms with Gasteiger partial charge in [-0.05, 0) is 31.2 Å². The van der Waals surface area contributed by atoms with Crippen molar-refractivity contribution >= 4 is 32.4 Å². The molecule has 1 aliphatic rings. The maximum absolute atomic E-state index is 14.0. The van der Waals surface area contributed by atoms with Crippen LogP contribution in [0.1, 0.15) is 6.92 Å². The van der Waals surface area contributed by atoms with E-state index < -0.39 is 0 Å². The Morgan fingerprint density at radius 3 is 2.56 bits per heavy atom. The Kier molecular flexibility index (Phi) is 4.44. The van der Waals surface area contributed by atoms with E-state index in [0.717, 1.165) is 47.3 Å². The van der Waals surface area contributed by atoms with Gasteiger partial charge in [0.05, 0.1) is 17.0 Å². The van der Waals surface area contributed by atoms with E-state index in [0.29, 0.717) is 12.3 Å². The summed E-state index contributed by atoms with van der Waals surface area (Å²) >= 11 is 1.69. The van der Waals surface area contributed by atoms with Crippen LogP contribution >= 0.6 is 11.3 Å². The molecule has 0 atom stereocenters. The number of para-hydroxylation sites is 2. The summed E-state index contributed by atoms with van der Waals surface area (Å²) in [5.74, 6) is 0.685. The number of rotatable bonds is 4. The Labute approximate surface area is 150 Å². The second-order valence-corrected chi connectivity index (χ2v) is 6.97. The molecule has 25 heavy (non-hydrogen) atoms. The molecule has 0 radical (unpaired) electrons. The van der Waals surface area contributed by atoms with E-state index in [4.69, 9.17) is 9.72 Å². The standard InChI is InChI=1S/C19H20FN3OS/c1-2-24-16-8-5-9-17-18(16)21-19(25-17)23-12-10-22(11-13-23)15-7-4-3-6-14(15)20/h3-9H,2,10-13H2,1H3. The van der Waals surface area contributed by atoms with Gasteiger partial charge in [0.15, 0.2) is 5.13 Å². The average molecular weight is 357 g/mol. The van der Waals surface area contributed by atoms with Crippen LogP contribution in [0, 0.1) is 5.82 Å². The predicted molar refractivity (Wildman–Crippen MR) is 102 cm³/mol. The van der Waals surface area contributed by atoms with Gasteiger partial charge in [0.2, 0.25) is 0 Å². The second kappa shape index (κ2) is 6.88. The molecule has 0 unspecified atom stereocenters. The summed E-state index contributed by atoms with van der Waals surface area (Å²) in [6.07, 6.45) is 0. The van der Waals surface area contributed by atoms with E-state index in [1.165, 1.54) is 6.07 Å². The molecular weight excluding hydrogens is 337 g/mol. The molecule has 2 heterocycles. The van der Waals surface area contributed by atoms with Crippen molar-refractivity contribution < 1.29 is 9.13 Å². The molecule has 1 fully saturated rings. The molecule has 1 aromatic heterocycles. The fourth-order valence-corrected chi connectivity index (χ4v) is 4.20. The number of fused-ring (bicyclic) bond motifs is 1. The molecule has 6 heteroatoms. The van der Waals surface area contributed by atoms with Crippen LogP contribution in [-0.2, 0) is 0 Å². The van der Waals surface area contributed by atoms with Gasteiger partial charge in [-0.1, -0.05) is 29.5 Å². The molecule has 0 saturated carbocycles. The fraction of sp³-hybridized carbons (Fsp3) is 0.316. The average Bonchev–Trinajstić information content (AvgIpc) is 3.08. The van der Waals surface area contributed by atoms with E-state index >= 15 is 0 Å². The van der Waals surface area contributed by atoms with E-state index in [-0.39, 0.29) is 5.82 Å². The van der Waals surface area contributed by atoms with Crippen molar-refractivity contribution in [2.24, 2.45) is 0 Å². The Balaban J connectivity index is 1.52. The smallest absolute Gasteiger partial charge is 0.186 e. The van der Waals surface area contributed by atoms with Gasteiger partial charge in [0.25, 0.3) is 0 Å². The van der Waals surface area contributed by atoms with Crippen LogP contribution in [0.2, 0.25) is 0 Å². The van der Waals surface area contributed by atoms with Gasteiger partial charge in [0, 0.05) is 26.2 Å². The first-order valence-electron chi connectivity index (χ1n) is 8.53. The monoisotopic (exact) mass is 357 g/mol. The van der Waals surface area contributed by atoms with Crippen molar-refractivity contribution in [2.45, 2.75) is 6.92 Å². The number of thiazole rings is 1. The lowest BCUT2D eigenvalue weighted by Crippen LogP contribution is -2.46. The third-order valence-electron chi connectivity index (χ3n) is 4.41. The predicted octanol–water partition coefficient (Wildman–Crippen LogP) is 4.16. The van der Waals surface area contributed by atoms with Gasteiger partial charge in [-0.25, -0.2) is 9.37 Å². The third-order valence-corrected chi connectivity index (χ3v) is 5.50. The zero-order chi connectivity index (χ0) is 17.2. The largest absolute Gasteiger partial charge is 0.492 e. The molecule has 130 valence electrons. The summed E-state index contributed by atoms with van der Waals surface area (Å²) in [6, 6.07) is 13.0. The Morgan fingerprint density at radius 2 is 1.80 bits per heavy atom. The number of benzene rings is 2. The highest BCUT2D eigenvalue weighted by molar-refractivity contribution is 7.22. The minimum absolute atomic E-state index is 0.155. The van der Waals surface area contributed by atoms with Gasteiger partial charge in [-0.2, -0.15) is 0 Å². The molecule has 2 aromatic carbocycles. The highest BCUT2D eigenvalue weighted by Gasteiger charge is 2.22. The molecule has 4 nitrogen and oxygen atoms in total. The SMILES string of the molecule is CCOc1cccc2sc(N3CCN(c4ccccc4F)CC3)nc12. The Hall–Kier alpha value is -2.34. The molecule has 0 bridgehead atoms. The van der Waals surface area contributed by atoms with E-state index in [1.54, 1.807) is 17.4 Å². The van der Waals surface area contributed by atoms with Crippen LogP contribution in [0.25, 0.3) is 10.2 Å². The second-order valence-electron chi connectivity index (χ2n) is 5.96. The first-order valence-corrected chi connectivity index (χ1v) is 9.34. The Bertz CT molecular complexity index is 874. The maximum atomic E-state index is 14.0. The fourth-order valence-electron chi connectivity index (χ4n) is 3.17. The van der Waals surface area contributed by atoms with Crippen molar-refractivity contribution in [1.82, 2.24) is 4.98 Å². The number of halogens is 1. The normalized spacial score (nSPS) is 15.0. The molecule has 0 N–H and O–H groups in total. The van der Waals surface area contributed by atoms with Gasteiger partial charge in [-0.15, -0.1) is 0 Å². The number of nitrogens with zero attached hydrogens (tertiary/aromatic N) is 3.